The zero-order valence-electron chi connectivity index (χ0n) is 12.0. The van der Waals surface area contributed by atoms with Gasteiger partial charge in [0.25, 0.3) is 0 Å². The second-order valence-corrected chi connectivity index (χ2v) is 5.67. The van der Waals surface area contributed by atoms with E-state index in [1.54, 1.807) is 4.90 Å². The Bertz CT molecular complexity index is 361. The SMILES string of the molecule is CCCNC1COCC1C(=O)N1CCC[C@@H](C(=O)O)C1. The highest BCUT2D eigenvalue weighted by molar-refractivity contribution is 5.81. The molecule has 0 aromatic heterocycles. The van der Waals surface area contributed by atoms with Crippen LogP contribution < -0.4 is 5.32 Å². The van der Waals surface area contributed by atoms with Gasteiger partial charge in [0.1, 0.15) is 0 Å². The van der Waals surface area contributed by atoms with Crippen molar-refractivity contribution in [2.75, 3.05) is 32.8 Å². The summed E-state index contributed by atoms with van der Waals surface area (Å²) in [7, 11) is 0. The summed E-state index contributed by atoms with van der Waals surface area (Å²) < 4.78 is 5.43. The predicted octanol–water partition coefficient (Wildman–Crippen LogP) is 0.324. The van der Waals surface area contributed by atoms with Crippen molar-refractivity contribution < 1.29 is 19.4 Å². The number of nitrogens with one attached hydrogen (secondary N) is 1. The highest BCUT2D eigenvalue weighted by Gasteiger charge is 2.38. The summed E-state index contributed by atoms with van der Waals surface area (Å²) >= 11 is 0. The molecule has 0 aromatic carbocycles. The van der Waals surface area contributed by atoms with Crippen molar-refractivity contribution in [3.63, 3.8) is 0 Å². The molecule has 2 unspecified atom stereocenters. The molecule has 1 amide bonds. The lowest BCUT2D eigenvalue weighted by Gasteiger charge is -2.33. The number of hydrogen-bond donors (Lipinski definition) is 2. The van der Waals surface area contributed by atoms with Crippen LogP contribution in [0.3, 0.4) is 0 Å². The number of likely N-dealkylation sites (tertiary alicyclic amines) is 1. The van der Waals surface area contributed by atoms with E-state index in [0.29, 0.717) is 32.7 Å². The number of ether oxygens (including phenoxy) is 1. The number of carboxylic acids is 1. The summed E-state index contributed by atoms with van der Waals surface area (Å²) in [5.74, 6) is -1.35. The van der Waals surface area contributed by atoms with E-state index in [1.165, 1.54) is 0 Å². The number of carboxylic acid groups (broad SMARTS) is 1. The fourth-order valence-electron chi connectivity index (χ4n) is 2.94. The normalized spacial score (nSPS) is 30.4. The largest absolute Gasteiger partial charge is 0.481 e. The number of nitrogens with zero attached hydrogens (tertiary/aromatic N) is 1. The quantitative estimate of drug-likeness (QED) is 0.760. The third-order valence-electron chi connectivity index (χ3n) is 4.14. The maximum atomic E-state index is 12.6. The molecular weight excluding hydrogens is 260 g/mol. The average molecular weight is 284 g/mol. The molecule has 2 N–H and O–H groups in total. The Morgan fingerprint density at radius 2 is 2.20 bits per heavy atom. The molecule has 6 heteroatoms. The van der Waals surface area contributed by atoms with Gasteiger partial charge < -0.3 is 20.1 Å². The molecule has 114 valence electrons. The number of carbonyl (C=O) groups excluding carboxylic acids is 1. The predicted molar refractivity (Wildman–Crippen MR) is 73.3 cm³/mol. The highest BCUT2D eigenvalue weighted by Crippen LogP contribution is 2.22. The minimum absolute atomic E-state index is 0.0436. The first-order valence-corrected chi connectivity index (χ1v) is 7.46. The molecule has 0 spiro atoms. The van der Waals surface area contributed by atoms with Gasteiger partial charge in [-0.05, 0) is 25.8 Å². The fourth-order valence-corrected chi connectivity index (χ4v) is 2.94. The molecule has 2 aliphatic rings. The van der Waals surface area contributed by atoms with Crippen LogP contribution in [-0.4, -0.2) is 60.8 Å². The molecule has 20 heavy (non-hydrogen) atoms. The van der Waals surface area contributed by atoms with Gasteiger partial charge in [-0.3, -0.25) is 9.59 Å². The number of rotatable bonds is 5. The Morgan fingerprint density at radius 1 is 1.40 bits per heavy atom. The molecule has 0 saturated carbocycles. The maximum Gasteiger partial charge on any atom is 0.308 e. The number of carbonyl (C=O) groups is 2. The lowest BCUT2D eigenvalue weighted by molar-refractivity contribution is -0.146. The van der Waals surface area contributed by atoms with E-state index in [0.717, 1.165) is 19.4 Å². The number of piperidine rings is 1. The van der Waals surface area contributed by atoms with Gasteiger partial charge >= 0.3 is 5.97 Å². The highest BCUT2D eigenvalue weighted by atomic mass is 16.5. The molecule has 2 heterocycles. The molecule has 2 fully saturated rings. The van der Waals surface area contributed by atoms with Crippen molar-refractivity contribution in [2.24, 2.45) is 11.8 Å². The third kappa shape index (κ3) is 3.49. The fraction of sp³-hybridized carbons (Fsp3) is 0.857. The Labute approximate surface area is 119 Å². The monoisotopic (exact) mass is 284 g/mol. The molecule has 0 aromatic rings. The summed E-state index contributed by atoms with van der Waals surface area (Å²) in [6, 6.07) is 0.0626. The van der Waals surface area contributed by atoms with Crippen LogP contribution in [0.4, 0.5) is 0 Å². The molecule has 3 atom stereocenters. The van der Waals surface area contributed by atoms with Crippen LogP contribution in [0.1, 0.15) is 26.2 Å². The standard InChI is InChI=1S/C14H24N2O4/c1-2-5-15-12-9-20-8-11(12)13(17)16-6-3-4-10(7-16)14(18)19/h10-12,15H,2-9H2,1H3,(H,18,19)/t10-,11?,12?/m1/s1. The lowest BCUT2D eigenvalue weighted by Crippen LogP contribution is -2.49. The van der Waals surface area contributed by atoms with Gasteiger partial charge in [0.05, 0.1) is 25.0 Å². The van der Waals surface area contributed by atoms with Crippen LogP contribution in [-0.2, 0) is 14.3 Å². The maximum absolute atomic E-state index is 12.6. The van der Waals surface area contributed by atoms with Gasteiger partial charge in [-0.1, -0.05) is 6.92 Å². The summed E-state index contributed by atoms with van der Waals surface area (Å²) in [5, 5.41) is 12.4. The van der Waals surface area contributed by atoms with Crippen molar-refractivity contribution in [3.8, 4) is 0 Å². The van der Waals surface area contributed by atoms with Crippen LogP contribution in [0.25, 0.3) is 0 Å². The Kier molecular flexibility index (Phi) is 5.37. The van der Waals surface area contributed by atoms with Crippen LogP contribution in [0.5, 0.6) is 0 Å². The van der Waals surface area contributed by atoms with Crippen molar-refractivity contribution >= 4 is 11.9 Å². The van der Waals surface area contributed by atoms with E-state index >= 15 is 0 Å². The van der Waals surface area contributed by atoms with Gasteiger partial charge in [0, 0.05) is 19.1 Å². The summed E-state index contributed by atoms with van der Waals surface area (Å²) in [6.07, 6.45) is 2.45. The van der Waals surface area contributed by atoms with Crippen molar-refractivity contribution in [1.29, 1.82) is 0 Å². The molecule has 2 saturated heterocycles. The van der Waals surface area contributed by atoms with Crippen LogP contribution in [0.15, 0.2) is 0 Å². The van der Waals surface area contributed by atoms with Crippen molar-refractivity contribution in [2.45, 2.75) is 32.2 Å². The zero-order chi connectivity index (χ0) is 14.5. The molecular formula is C14H24N2O4. The Morgan fingerprint density at radius 3 is 2.90 bits per heavy atom. The van der Waals surface area contributed by atoms with Gasteiger partial charge in [-0.2, -0.15) is 0 Å². The summed E-state index contributed by atoms with van der Waals surface area (Å²) in [5.41, 5.74) is 0. The average Bonchev–Trinajstić information content (AvgIpc) is 2.92. The molecule has 0 bridgehead atoms. The second kappa shape index (κ2) is 7.04. The van der Waals surface area contributed by atoms with E-state index in [1.807, 2.05) is 0 Å². The Balaban J connectivity index is 1.93. The number of aliphatic carboxylic acids is 1. The summed E-state index contributed by atoms with van der Waals surface area (Å²) in [4.78, 5) is 25.3. The van der Waals surface area contributed by atoms with Gasteiger partial charge in [0.15, 0.2) is 0 Å². The van der Waals surface area contributed by atoms with Crippen LogP contribution >= 0.6 is 0 Å². The van der Waals surface area contributed by atoms with E-state index in [-0.39, 0.29) is 17.9 Å². The van der Waals surface area contributed by atoms with E-state index in [9.17, 15) is 9.59 Å². The number of amides is 1. The molecule has 2 rings (SSSR count). The van der Waals surface area contributed by atoms with Gasteiger partial charge in [0.2, 0.25) is 5.91 Å². The topological polar surface area (TPSA) is 78.9 Å². The zero-order valence-corrected chi connectivity index (χ0v) is 12.0. The smallest absolute Gasteiger partial charge is 0.308 e. The van der Waals surface area contributed by atoms with E-state index in [2.05, 4.69) is 12.2 Å². The third-order valence-corrected chi connectivity index (χ3v) is 4.14. The first-order chi connectivity index (χ1) is 9.63. The van der Waals surface area contributed by atoms with Gasteiger partial charge in [-0.25, -0.2) is 0 Å². The van der Waals surface area contributed by atoms with E-state index in [4.69, 9.17) is 9.84 Å². The molecule has 0 radical (unpaired) electrons. The molecule has 0 aliphatic carbocycles. The minimum Gasteiger partial charge on any atom is -0.481 e. The van der Waals surface area contributed by atoms with Gasteiger partial charge in [-0.15, -0.1) is 0 Å². The van der Waals surface area contributed by atoms with Crippen LogP contribution in [0.2, 0.25) is 0 Å². The second-order valence-electron chi connectivity index (χ2n) is 5.67. The Hall–Kier alpha value is -1.14. The van der Waals surface area contributed by atoms with E-state index < -0.39 is 11.9 Å². The van der Waals surface area contributed by atoms with Crippen LogP contribution in [0, 0.1) is 11.8 Å². The summed E-state index contributed by atoms with van der Waals surface area (Å²) in [6.45, 7) is 4.96. The first-order valence-electron chi connectivity index (χ1n) is 7.46. The first kappa shape index (κ1) is 15.3. The minimum atomic E-state index is -0.800. The molecule has 2 aliphatic heterocycles. The van der Waals surface area contributed by atoms with Crippen molar-refractivity contribution in [1.82, 2.24) is 10.2 Å². The molecule has 6 nitrogen and oxygen atoms in total. The van der Waals surface area contributed by atoms with Crippen molar-refractivity contribution in [3.05, 3.63) is 0 Å². The number of hydrogen-bond acceptors (Lipinski definition) is 4. The lowest BCUT2D eigenvalue weighted by atomic mass is 9.95.